The van der Waals surface area contributed by atoms with Crippen molar-refractivity contribution in [2.24, 2.45) is 0 Å². The number of likely N-dealkylation sites (N-methyl/N-ethyl adjacent to an activating group) is 1. The van der Waals surface area contributed by atoms with Gasteiger partial charge in [-0.2, -0.15) is 0 Å². The molecule has 24 heavy (non-hydrogen) atoms. The minimum atomic E-state index is 0.0946. The fourth-order valence-electron chi connectivity index (χ4n) is 3.42. The number of hydrogen-bond donors (Lipinski definition) is 1. The molecule has 2 atom stereocenters. The topological polar surface area (TPSA) is 70.8 Å². The number of nitrogens with zero attached hydrogens (tertiary/aromatic N) is 3. The Bertz CT molecular complexity index is 542. The number of rotatable bonds is 7. The fraction of sp³-hybridized carbons (Fsp3) is 0.765. The molecule has 0 bridgehead atoms. The van der Waals surface area contributed by atoms with E-state index >= 15 is 0 Å². The SMILES string of the molecule is Cc1cnc(CN(C)[C@H]2CCN(CC(=O)NC[C@@H]3CCCO3)C2)o1. The molecule has 0 radical (unpaired) electrons. The standard InChI is InChI=1S/C17H28N4O3/c1-13-8-19-17(24-13)12-20(2)14-5-6-21(10-14)11-16(22)18-9-15-4-3-7-23-15/h8,14-15H,3-7,9-12H2,1-2H3,(H,18,22)/t14-,15-/m0/s1. The number of carbonyl (C=O) groups is 1. The summed E-state index contributed by atoms with van der Waals surface area (Å²) in [5.41, 5.74) is 0. The van der Waals surface area contributed by atoms with Gasteiger partial charge in [-0.15, -0.1) is 0 Å². The van der Waals surface area contributed by atoms with E-state index in [2.05, 4.69) is 27.1 Å². The van der Waals surface area contributed by atoms with Crippen molar-refractivity contribution in [1.29, 1.82) is 0 Å². The van der Waals surface area contributed by atoms with Gasteiger partial charge in [-0.1, -0.05) is 0 Å². The Labute approximate surface area is 143 Å². The van der Waals surface area contributed by atoms with Crippen LogP contribution in [0, 0.1) is 6.92 Å². The van der Waals surface area contributed by atoms with E-state index in [-0.39, 0.29) is 12.0 Å². The first kappa shape index (κ1) is 17.4. The Morgan fingerprint density at radius 2 is 2.38 bits per heavy atom. The van der Waals surface area contributed by atoms with Crippen LogP contribution in [0.5, 0.6) is 0 Å². The summed E-state index contributed by atoms with van der Waals surface area (Å²) in [5, 5.41) is 2.99. The van der Waals surface area contributed by atoms with E-state index in [1.807, 2.05) is 6.92 Å². The largest absolute Gasteiger partial charge is 0.445 e. The van der Waals surface area contributed by atoms with Crippen LogP contribution in [0.4, 0.5) is 0 Å². The van der Waals surface area contributed by atoms with Gasteiger partial charge in [-0.25, -0.2) is 4.98 Å². The van der Waals surface area contributed by atoms with Gasteiger partial charge in [-0.05, 0) is 33.2 Å². The third kappa shape index (κ3) is 4.78. The van der Waals surface area contributed by atoms with E-state index in [9.17, 15) is 4.79 Å². The second kappa shape index (κ2) is 8.09. The number of amides is 1. The Morgan fingerprint density at radius 3 is 3.08 bits per heavy atom. The molecule has 3 heterocycles. The summed E-state index contributed by atoms with van der Waals surface area (Å²) >= 11 is 0. The minimum absolute atomic E-state index is 0.0946. The molecule has 1 amide bonds. The van der Waals surface area contributed by atoms with E-state index in [4.69, 9.17) is 9.15 Å². The first-order valence-corrected chi connectivity index (χ1v) is 8.82. The lowest BCUT2D eigenvalue weighted by molar-refractivity contribution is -0.122. The average Bonchev–Trinajstić information content (AvgIpc) is 3.27. The number of aryl methyl sites for hydroxylation is 1. The van der Waals surface area contributed by atoms with Gasteiger partial charge in [-0.3, -0.25) is 14.6 Å². The van der Waals surface area contributed by atoms with Crippen LogP contribution in [0.15, 0.2) is 10.6 Å². The first-order chi connectivity index (χ1) is 11.6. The normalized spacial score (nSPS) is 24.8. The summed E-state index contributed by atoms with van der Waals surface area (Å²) in [7, 11) is 2.09. The zero-order chi connectivity index (χ0) is 16.9. The zero-order valence-corrected chi connectivity index (χ0v) is 14.7. The summed E-state index contributed by atoms with van der Waals surface area (Å²) in [6.45, 7) is 6.40. The molecule has 0 saturated carbocycles. The van der Waals surface area contributed by atoms with Crippen LogP contribution >= 0.6 is 0 Å². The Hall–Kier alpha value is -1.44. The number of oxazole rings is 1. The van der Waals surface area contributed by atoms with Crippen molar-refractivity contribution in [3.8, 4) is 0 Å². The molecule has 1 N–H and O–H groups in total. The van der Waals surface area contributed by atoms with Gasteiger partial charge >= 0.3 is 0 Å². The van der Waals surface area contributed by atoms with Crippen molar-refractivity contribution in [3.63, 3.8) is 0 Å². The molecule has 0 unspecified atom stereocenters. The van der Waals surface area contributed by atoms with Crippen molar-refractivity contribution < 1.29 is 13.9 Å². The van der Waals surface area contributed by atoms with E-state index in [1.54, 1.807) is 6.20 Å². The predicted molar refractivity (Wildman–Crippen MR) is 89.5 cm³/mol. The molecule has 0 spiro atoms. The van der Waals surface area contributed by atoms with Crippen LogP contribution in [-0.2, 0) is 16.1 Å². The summed E-state index contributed by atoms with van der Waals surface area (Å²) in [4.78, 5) is 20.8. The summed E-state index contributed by atoms with van der Waals surface area (Å²) < 4.78 is 11.1. The smallest absolute Gasteiger partial charge is 0.234 e. The number of ether oxygens (including phenoxy) is 1. The van der Waals surface area contributed by atoms with Gasteiger partial charge in [0.15, 0.2) is 0 Å². The van der Waals surface area contributed by atoms with Crippen LogP contribution < -0.4 is 5.32 Å². The lowest BCUT2D eigenvalue weighted by Gasteiger charge is -2.23. The Kier molecular flexibility index (Phi) is 5.86. The van der Waals surface area contributed by atoms with Gasteiger partial charge in [0, 0.05) is 32.3 Å². The van der Waals surface area contributed by atoms with Crippen molar-refractivity contribution in [2.45, 2.75) is 44.9 Å². The zero-order valence-electron chi connectivity index (χ0n) is 14.7. The van der Waals surface area contributed by atoms with Crippen molar-refractivity contribution in [1.82, 2.24) is 20.1 Å². The number of hydrogen-bond acceptors (Lipinski definition) is 6. The lowest BCUT2D eigenvalue weighted by atomic mass is 10.2. The van der Waals surface area contributed by atoms with E-state index < -0.39 is 0 Å². The molecule has 2 aliphatic rings. The Morgan fingerprint density at radius 1 is 1.50 bits per heavy atom. The molecule has 2 aliphatic heterocycles. The van der Waals surface area contributed by atoms with Crippen LogP contribution in [-0.4, -0.2) is 72.7 Å². The number of aromatic nitrogens is 1. The van der Waals surface area contributed by atoms with E-state index in [1.165, 1.54) is 0 Å². The number of carbonyl (C=O) groups excluding carboxylic acids is 1. The van der Waals surface area contributed by atoms with Crippen molar-refractivity contribution in [3.05, 3.63) is 17.8 Å². The molecular formula is C17H28N4O3. The van der Waals surface area contributed by atoms with Crippen LogP contribution in [0.2, 0.25) is 0 Å². The monoisotopic (exact) mass is 336 g/mol. The molecule has 7 nitrogen and oxygen atoms in total. The minimum Gasteiger partial charge on any atom is -0.445 e. The molecule has 0 aliphatic carbocycles. The highest BCUT2D eigenvalue weighted by Gasteiger charge is 2.27. The van der Waals surface area contributed by atoms with Crippen LogP contribution in [0.1, 0.15) is 30.9 Å². The molecule has 134 valence electrons. The van der Waals surface area contributed by atoms with E-state index in [0.717, 1.165) is 50.6 Å². The molecule has 1 aromatic heterocycles. The van der Waals surface area contributed by atoms with Gasteiger partial charge in [0.1, 0.15) is 5.76 Å². The van der Waals surface area contributed by atoms with Crippen LogP contribution in [0.25, 0.3) is 0 Å². The molecule has 3 rings (SSSR count). The van der Waals surface area contributed by atoms with E-state index in [0.29, 0.717) is 25.7 Å². The maximum absolute atomic E-state index is 12.1. The van der Waals surface area contributed by atoms with Gasteiger partial charge in [0.2, 0.25) is 11.8 Å². The maximum Gasteiger partial charge on any atom is 0.234 e. The molecule has 0 aromatic carbocycles. The maximum atomic E-state index is 12.1. The summed E-state index contributed by atoms with van der Waals surface area (Å²) in [6.07, 6.45) is 5.18. The molecular weight excluding hydrogens is 308 g/mol. The molecule has 7 heteroatoms. The quantitative estimate of drug-likeness (QED) is 0.794. The highest BCUT2D eigenvalue weighted by molar-refractivity contribution is 5.78. The molecule has 2 fully saturated rings. The Balaban J connectivity index is 1.37. The van der Waals surface area contributed by atoms with Crippen molar-refractivity contribution in [2.75, 3.05) is 39.8 Å². The average molecular weight is 336 g/mol. The first-order valence-electron chi connectivity index (χ1n) is 8.82. The number of nitrogens with one attached hydrogen (secondary N) is 1. The highest BCUT2D eigenvalue weighted by atomic mass is 16.5. The number of likely N-dealkylation sites (tertiary alicyclic amines) is 1. The summed E-state index contributed by atoms with van der Waals surface area (Å²) in [6, 6.07) is 0.433. The third-order valence-electron chi connectivity index (χ3n) is 4.84. The highest BCUT2D eigenvalue weighted by Crippen LogP contribution is 2.16. The molecule has 1 aromatic rings. The summed E-state index contributed by atoms with van der Waals surface area (Å²) in [5.74, 6) is 1.69. The second-order valence-electron chi connectivity index (χ2n) is 6.90. The van der Waals surface area contributed by atoms with Gasteiger partial charge in [0.25, 0.3) is 0 Å². The predicted octanol–water partition coefficient (Wildman–Crippen LogP) is 0.784. The van der Waals surface area contributed by atoms with Gasteiger partial charge in [0.05, 0.1) is 25.4 Å². The third-order valence-corrected chi connectivity index (χ3v) is 4.84. The lowest BCUT2D eigenvalue weighted by Crippen LogP contribution is -2.41. The van der Waals surface area contributed by atoms with Crippen LogP contribution in [0.3, 0.4) is 0 Å². The van der Waals surface area contributed by atoms with Crippen molar-refractivity contribution >= 4 is 5.91 Å². The van der Waals surface area contributed by atoms with Gasteiger partial charge < -0.3 is 14.5 Å². The molecule has 2 saturated heterocycles. The second-order valence-corrected chi connectivity index (χ2v) is 6.90. The fourth-order valence-corrected chi connectivity index (χ4v) is 3.42.